The molecule has 138 valence electrons. The molecule has 3 aromatic rings. The predicted octanol–water partition coefficient (Wildman–Crippen LogP) is 3.91. The minimum Gasteiger partial charge on any atom is -0.383 e. The molecule has 27 heavy (non-hydrogen) atoms. The molecular weight excluding hydrogens is 364 g/mol. The van der Waals surface area contributed by atoms with E-state index in [0.717, 1.165) is 11.1 Å². The third-order valence-electron chi connectivity index (χ3n) is 4.01. The smallest absolute Gasteiger partial charge is 0.241 e. The number of aromatic nitrogens is 2. The Labute approximate surface area is 162 Å². The number of nitrogens with zero attached hydrogens (tertiary/aromatic N) is 4. The lowest BCUT2D eigenvalue weighted by Crippen LogP contribution is -2.26. The average molecular weight is 383 g/mol. The fourth-order valence-corrected chi connectivity index (χ4v) is 2.82. The molecule has 0 fully saturated rings. The maximum absolute atomic E-state index is 8.92. The van der Waals surface area contributed by atoms with Crippen LogP contribution in [0.3, 0.4) is 0 Å². The largest absolute Gasteiger partial charge is 0.383 e. The summed E-state index contributed by atoms with van der Waals surface area (Å²) in [5.41, 5.74) is 2.55. The van der Waals surface area contributed by atoms with Crippen LogP contribution in [0.4, 0.5) is 0 Å². The highest BCUT2D eigenvalue weighted by atomic mass is 35.5. The van der Waals surface area contributed by atoms with E-state index in [-0.39, 0.29) is 0 Å². The summed E-state index contributed by atoms with van der Waals surface area (Å²) in [5.74, 6) is 1.03. The molecule has 0 spiro atoms. The Kier molecular flexibility index (Phi) is 6.55. The van der Waals surface area contributed by atoms with Gasteiger partial charge >= 0.3 is 0 Å². The van der Waals surface area contributed by atoms with Crippen molar-refractivity contribution in [2.24, 2.45) is 0 Å². The first-order valence-electron chi connectivity index (χ1n) is 8.47. The van der Waals surface area contributed by atoms with Crippen LogP contribution in [0, 0.1) is 11.3 Å². The van der Waals surface area contributed by atoms with E-state index >= 15 is 0 Å². The van der Waals surface area contributed by atoms with E-state index in [1.165, 1.54) is 0 Å². The highest BCUT2D eigenvalue weighted by Gasteiger charge is 2.14. The molecule has 1 aromatic heterocycles. The van der Waals surface area contributed by atoms with Crippen molar-refractivity contribution in [1.82, 2.24) is 15.0 Å². The lowest BCUT2D eigenvalue weighted by Gasteiger charge is -2.20. The van der Waals surface area contributed by atoms with E-state index in [2.05, 4.69) is 21.1 Å². The fourth-order valence-electron chi connectivity index (χ4n) is 2.63. The molecule has 2 aromatic carbocycles. The van der Waals surface area contributed by atoms with Crippen molar-refractivity contribution in [3.8, 4) is 17.5 Å². The van der Waals surface area contributed by atoms with Gasteiger partial charge in [0.25, 0.3) is 0 Å². The number of methoxy groups -OCH3 is 1. The van der Waals surface area contributed by atoms with E-state index in [0.29, 0.717) is 48.5 Å². The standard InChI is InChI=1S/C20H19ClN4O2/c1-26-10-9-25(13-16-7-5-15(12-22)6-8-16)14-19-23-20(24-27-19)17-3-2-4-18(21)11-17/h2-8,11H,9-10,13-14H2,1H3. The van der Waals surface area contributed by atoms with Crippen molar-refractivity contribution in [2.45, 2.75) is 13.1 Å². The first kappa shape index (κ1) is 19.1. The van der Waals surface area contributed by atoms with Gasteiger partial charge in [0.2, 0.25) is 11.7 Å². The molecule has 0 atom stereocenters. The van der Waals surface area contributed by atoms with E-state index in [1.54, 1.807) is 19.2 Å². The summed E-state index contributed by atoms with van der Waals surface area (Å²) in [6.45, 7) is 2.48. The Morgan fingerprint density at radius 2 is 2.00 bits per heavy atom. The van der Waals surface area contributed by atoms with E-state index < -0.39 is 0 Å². The van der Waals surface area contributed by atoms with Gasteiger partial charge in [-0.15, -0.1) is 0 Å². The number of hydrogen-bond acceptors (Lipinski definition) is 6. The van der Waals surface area contributed by atoms with Crippen molar-refractivity contribution >= 4 is 11.6 Å². The third-order valence-corrected chi connectivity index (χ3v) is 4.25. The molecule has 3 rings (SSSR count). The Morgan fingerprint density at radius 3 is 2.70 bits per heavy atom. The van der Waals surface area contributed by atoms with Gasteiger partial charge in [0.1, 0.15) is 0 Å². The van der Waals surface area contributed by atoms with Crippen LogP contribution >= 0.6 is 11.6 Å². The lowest BCUT2D eigenvalue weighted by atomic mass is 10.1. The summed E-state index contributed by atoms with van der Waals surface area (Å²) < 4.78 is 10.6. The Hall–Kier alpha value is -2.72. The number of benzene rings is 2. The van der Waals surface area contributed by atoms with Crippen LogP contribution in [-0.4, -0.2) is 35.3 Å². The Balaban J connectivity index is 1.71. The van der Waals surface area contributed by atoms with Crippen LogP contribution in [-0.2, 0) is 17.8 Å². The molecule has 6 nitrogen and oxygen atoms in total. The Bertz CT molecular complexity index is 918. The number of rotatable bonds is 8. The lowest BCUT2D eigenvalue weighted by molar-refractivity contribution is 0.131. The van der Waals surface area contributed by atoms with E-state index in [4.69, 9.17) is 26.1 Å². The van der Waals surface area contributed by atoms with Gasteiger partial charge in [0.05, 0.1) is 24.8 Å². The normalized spacial score (nSPS) is 10.9. The molecule has 1 heterocycles. The van der Waals surface area contributed by atoms with Crippen molar-refractivity contribution < 1.29 is 9.26 Å². The fraction of sp³-hybridized carbons (Fsp3) is 0.250. The van der Waals surface area contributed by atoms with Crippen molar-refractivity contribution in [3.63, 3.8) is 0 Å². The van der Waals surface area contributed by atoms with Crippen LogP contribution in [0.25, 0.3) is 11.4 Å². The molecule has 0 aliphatic carbocycles. The topological polar surface area (TPSA) is 75.2 Å². The average Bonchev–Trinajstić information content (AvgIpc) is 3.15. The summed E-state index contributed by atoms with van der Waals surface area (Å²) in [4.78, 5) is 6.63. The third kappa shape index (κ3) is 5.38. The molecule has 7 heteroatoms. The van der Waals surface area contributed by atoms with Crippen LogP contribution in [0.15, 0.2) is 53.1 Å². The predicted molar refractivity (Wildman–Crippen MR) is 102 cm³/mol. The SMILES string of the molecule is COCCN(Cc1ccc(C#N)cc1)Cc1nc(-c2cccc(Cl)c2)no1. The molecule has 0 aliphatic heterocycles. The monoisotopic (exact) mass is 382 g/mol. The number of nitriles is 1. The second kappa shape index (κ2) is 9.28. The summed E-state index contributed by atoms with van der Waals surface area (Å²) in [6.07, 6.45) is 0. The highest BCUT2D eigenvalue weighted by molar-refractivity contribution is 6.30. The van der Waals surface area contributed by atoms with Crippen LogP contribution in [0.1, 0.15) is 17.0 Å². The van der Waals surface area contributed by atoms with E-state index in [1.807, 2.05) is 36.4 Å². The molecular formula is C20H19ClN4O2. The quantitative estimate of drug-likeness (QED) is 0.588. The Morgan fingerprint density at radius 1 is 1.19 bits per heavy atom. The minimum atomic E-state index is 0.497. The molecule has 0 aliphatic rings. The van der Waals surface area contributed by atoms with E-state index in [9.17, 15) is 0 Å². The molecule has 0 radical (unpaired) electrons. The van der Waals surface area contributed by atoms with Crippen molar-refractivity contribution in [1.29, 1.82) is 5.26 Å². The molecule has 0 N–H and O–H groups in total. The molecule has 0 bridgehead atoms. The molecule has 0 unspecified atom stereocenters. The zero-order valence-electron chi connectivity index (χ0n) is 14.9. The molecule has 0 saturated carbocycles. The van der Waals surface area contributed by atoms with Crippen LogP contribution < -0.4 is 0 Å². The zero-order valence-corrected chi connectivity index (χ0v) is 15.7. The number of halogens is 1. The first-order chi connectivity index (χ1) is 13.2. The van der Waals surface area contributed by atoms with Gasteiger partial charge in [0.15, 0.2) is 0 Å². The second-order valence-corrected chi connectivity index (χ2v) is 6.47. The summed E-state index contributed by atoms with van der Waals surface area (Å²) in [5, 5.41) is 13.6. The van der Waals surface area contributed by atoms with Gasteiger partial charge in [-0.2, -0.15) is 10.2 Å². The van der Waals surface area contributed by atoms with Crippen molar-refractivity contribution in [2.75, 3.05) is 20.3 Å². The summed E-state index contributed by atoms with van der Waals surface area (Å²) >= 11 is 6.03. The first-order valence-corrected chi connectivity index (χ1v) is 8.84. The molecule has 0 saturated heterocycles. The number of hydrogen-bond donors (Lipinski definition) is 0. The van der Waals surface area contributed by atoms with Gasteiger partial charge in [-0.05, 0) is 29.8 Å². The van der Waals surface area contributed by atoms with Gasteiger partial charge in [-0.1, -0.05) is 41.0 Å². The van der Waals surface area contributed by atoms with Crippen molar-refractivity contribution in [3.05, 3.63) is 70.6 Å². The van der Waals surface area contributed by atoms with Gasteiger partial charge < -0.3 is 9.26 Å². The zero-order chi connectivity index (χ0) is 19.1. The van der Waals surface area contributed by atoms with Gasteiger partial charge in [-0.3, -0.25) is 4.90 Å². The summed E-state index contributed by atoms with van der Waals surface area (Å²) in [7, 11) is 1.67. The number of ether oxygens (including phenoxy) is 1. The van der Waals surface area contributed by atoms with Gasteiger partial charge in [0, 0.05) is 30.8 Å². The highest BCUT2D eigenvalue weighted by Crippen LogP contribution is 2.20. The maximum atomic E-state index is 8.92. The molecule has 0 amide bonds. The van der Waals surface area contributed by atoms with Crippen LogP contribution in [0.2, 0.25) is 5.02 Å². The van der Waals surface area contributed by atoms with Gasteiger partial charge in [-0.25, -0.2) is 0 Å². The summed E-state index contributed by atoms with van der Waals surface area (Å²) in [6, 6.07) is 17.0. The van der Waals surface area contributed by atoms with Crippen LogP contribution in [0.5, 0.6) is 0 Å². The minimum absolute atomic E-state index is 0.497. The maximum Gasteiger partial charge on any atom is 0.241 e. The second-order valence-electron chi connectivity index (χ2n) is 6.03.